The van der Waals surface area contributed by atoms with Crippen molar-refractivity contribution in [2.24, 2.45) is 5.73 Å². The summed E-state index contributed by atoms with van der Waals surface area (Å²) in [6, 6.07) is 7.89. The van der Waals surface area contributed by atoms with Gasteiger partial charge in [-0.05, 0) is 24.1 Å². The Balaban J connectivity index is 0.00000144. The summed E-state index contributed by atoms with van der Waals surface area (Å²) in [6.07, 6.45) is 2.12. The van der Waals surface area contributed by atoms with Gasteiger partial charge in [-0.1, -0.05) is 37.1 Å². The molecule has 0 spiro atoms. The second-order valence-corrected chi connectivity index (χ2v) is 3.39. The number of benzene rings is 1. The van der Waals surface area contributed by atoms with Crippen molar-refractivity contribution in [1.82, 2.24) is 0 Å². The molecule has 0 saturated heterocycles. The average Bonchev–Trinajstić information content (AvgIpc) is 2.05. The van der Waals surface area contributed by atoms with Crippen molar-refractivity contribution < 1.29 is 0 Å². The van der Waals surface area contributed by atoms with Crippen LogP contribution in [0, 0.1) is 0 Å². The van der Waals surface area contributed by atoms with E-state index in [0.717, 1.165) is 23.4 Å². The predicted molar refractivity (Wildman–Crippen MR) is 60.5 cm³/mol. The molecule has 0 aliphatic carbocycles. The lowest BCUT2D eigenvalue weighted by atomic mass is 10.0. The molecule has 0 amide bonds. The standard InChI is InChI=1S/C10H14ClN.ClH/c1-2-4-10(12)8-5-3-6-9(11)7-8;/h3,5-7,10H,2,4,12H2,1H3;1H. The Morgan fingerprint density at radius 2 is 2.15 bits per heavy atom. The van der Waals surface area contributed by atoms with Gasteiger partial charge in [-0.15, -0.1) is 12.4 Å². The van der Waals surface area contributed by atoms with Crippen molar-refractivity contribution in [2.45, 2.75) is 25.8 Å². The Kier molecular flexibility index (Phi) is 6.13. The molecule has 13 heavy (non-hydrogen) atoms. The fraction of sp³-hybridized carbons (Fsp3) is 0.400. The van der Waals surface area contributed by atoms with Crippen LogP contribution in [0.4, 0.5) is 0 Å². The smallest absolute Gasteiger partial charge is 0.0409 e. The molecule has 74 valence electrons. The molecular weight excluding hydrogens is 205 g/mol. The first-order valence-corrected chi connectivity index (χ1v) is 4.63. The van der Waals surface area contributed by atoms with Gasteiger partial charge in [0.2, 0.25) is 0 Å². The summed E-state index contributed by atoms with van der Waals surface area (Å²) in [7, 11) is 0. The third-order valence-corrected chi connectivity index (χ3v) is 2.11. The maximum Gasteiger partial charge on any atom is 0.0409 e. The quantitative estimate of drug-likeness (QED) is 0.827. The summed E-state index contributed by atoms with van der Waals surface area (Å²) < 4.78 is 0. The van der Waals surface area contributed by atoms with E-state index in [-0.39, 0.29) is 18.4 Å². The Bertz CT molecular complexity index is 250. The molecule has 0 saturated carbocycles. The molecule has 3 heteroatoms. The highest BCUT2D eigenvalue weighted by Crippen LogP contribution is 2.18. The molecule has 0 fully saturated rings. The van der Waals surface area contributed by atoms with Gasteiger partial charge in [0.1, 0.15) is 0 Å². The van der Waals surface area contributed by atoms with Gasteiger partial charge in [0, 0.05) is 11.1 Å². The zero-order valence-corrected chi connectivity index (χ0v) is 9.24. The van der Waals surface area contributed by atoms with Crippen molar-refractivity contribution >= 4 is 24.0 Å². The van der Waals surface area contributed by atoms with Crippen LogP contribution < -0.4 is 5.73 Å². The van der Waals surface area contributed by atoms with Crippen LogP contribution in [-0.4, -0.2) is 0 Å². The topological polar surface area (TPSA) is 26.0 Å². The van der Waals surface area contributed by atoms with E-state index in [1.165, 1.54) is 0 Å². The molecule has 2 N–H and O–H groups in total. The summed E-state index contributed by atoms with van der Waals surface area (Å²) in [5, 5.41) is 0.763. The molecule has 1 aromatic carbocycles. The number of halogens is 2. The average molecular weight is 220 g/mol. The lowest BCUT2D eigenvalue weighted by Crippen LogP contribution is -2.09. The van der Waals surface area contributed by atoms with E-state index < -0.39 is 0 Å². The normalized spacial score (nSPS) is 11.9. The molecular formula is C10H15Cl2N. The number of rotatable bonds is 3. The van der Waals surface area contributed by atoms with E-state index in [1.54, 1.807) is 0 Å². The first kappa shape index (κ1) is 12.8. The van der Waals surface area contributed by atoms with Gasteiger partial charge in [-0.2, -0.15) is 0 Å². The first-order valence-electron chi connectivity index (χ1n) is 4.25. The third-order valence-electron chi connectivity index (χ3n) is 1.88. The van der Waals surface area contributed by atoms with Crippen molar-refractivity contribution in [3.63, 3.8) is 0 Å². The van der Waals surface area contributed by atoms with Crippen LogP contribution in [0.3, 0.4) is 0 Å². The molecule has 0 heterocycles. The third kappa shape index (κ3) is 3.99. The van der Waals surface area contributed by atoms with Crippen molar-refractivity contribution in [1.29, 1.82) is 0 Å². The van der Waals surface area contributed by atoms with Crippen LogP contribution in [0.1, 0.15) is 31.4 Å². The zero-order valence-electron chi connectivity index (χ0n) is 7.66. The first-order chi connectivity index (χ1) is 5.74. The Morgan fingerprint density at radius 1 is 1.46 bits per heavy atom. The van der Waals surface area contributed by atoms with Crippen molar-refractivity contribution in [3.05, 3.63) is 34.9 Å². The molecule has 1 aromatic rings. The summed E-state index contributed by atoms with van der Waals surface area (Å²) in [6.45, 7) is 2.13. The maximum atomic E-state index is 5.92. The summed E-state index contributed by atoms with van der Waals surface area (Å²) in [4.78, 5) is 0. The molecule has 0 aromatic heterocycles. The molecule has 1 nitrogen and oxygen atoms in total. The van der Waals surface area contributed by atoms with Gasteiger partial charge in [-0.25, -0.2) is 0 Å². The van der Waals surface area contributed by atoms with Crippen LogP contribution in [0.5, 0.6) is 0 Å². The molecule has 0 bridgehead atoms. The van der Waals surface area contributed by atoms with Crippen LogP contribution in [0.25, 0.3) is 0 Å². The van der Waals surface area contributed by atoms with Crippen molar-refractivity contribution in [3.8, 4) is 0 Å². The lowest BCUT2D eigenvalue weighted by Gasteiger charge is -2.10. The van der Waals surface area contributed by atoms with Gasteiger partial charge < -0.3 is 5.73 Å². The van der Waals surface area contributed by atoms with E-state index >= 15 is 0 Å². The monoisotopic (exact) mass is 219 g/mol. The predicted octanol–water partition coefficient (Wildman–Crippen LogP) is 3.56. The second kappa shape index (κ2) is 6.25. The van der Waals surface area contributed by atoms with Crippen LogP contribution in [0.15, 0.2) is 24.3 Å². The minimum Gasteiger partial charge on any atom is -0.324 e. The van der Waals surface area contributed by atoms with E-state index in [4.69, 9.17) is 17.3 Å². The van der Waals surface area contributed by atoms with Gasteiger partial charge in [0.25, 0.3) is 0 Å². The van der Waals surface area contributed by atoms with Crippen LogP contribution >= 0.6 is 24.0 Å². The Hall–Kier alpha value is -0.240. The van der Waals surface area contributed by atoms with E-state index in [9.17, 15) is 0 Å². The zero-order chi connectivity index (χ0) is 8.97. The highest BCUT2D eigenvalue weighted by atomic mass is 35.5. The van der Waals surface area contributed by atoms with E-state index in [0.29, 0.717) is 0 Å². The summed E-state index contributed by atoms with van der Waals surface area (Å²) >= 11 is 5.83. The number of nitrogens with two attached hydrogens (primary N) is 1. The number of hydrogen-bond donors (Lipinski definition) is 1. The largest absolute Gasteiger partial charge is 0.324 e. The highest BCUT2D eigenvalue weighted by Gasteiger charge is 2.03. The molecule has 0 aliphatic rings. The lowest BCUT2D eigenvalue weighted by molar-refractivity contribution is 0.638. The minimum atomic E-state index is 0. The van der Waals surface area contributed by atoms with Gasteiger partial charge in [0.05, 0.1) is 0 Å². The fourth-order valence-corrected chi connectivity index (χ4v) is 1.41. The number of hydrogen-bond acceptors (Lipinski definition) is 1. The maximum absolute atomic E-state index is 5.92. The SMILES string of the molecule is CCCC(N)c1cccc(Cl)c1.Cl. The highest BCUT2D eigenvalue weighted by molar-refractivity contribution is 6.30. The molecule has 1 unspecified atom stereocenters. The van der Waals surface area contributed by atoms with Crippen LogP contribution in [-0.2, 0) is 0 Å². The fourth-order valence-electron chi connectivity index (χ4n) is 1.21. The Labute approximate surface area is 90.7 Å². The molecule has 1 rings (SSSR count). The minimum absolute atomic E-state index is 0. The van der Waals surface area contributed by atoms with E-state index in [2.05, 4.69) is 6.92 Å². The second-order valence-electron chi connectivity index (χ2n) is 2.95. The summed E-state index contributed by atoms with van der Waals surface area (Å²) in [5.74, 6) is 0. The van der Waals surface area contributed by atoms with E-state index in [1.807, 2.05) is 24.3 Å². The van der Waals surface area contributed by atoms with Gasteiger partial charge in [-0.3, -0.25) is 0 Å². The van der Waals surface area contributed by atoms with Gasteiger partial charge >= 0.3 is 0 Å². The van der Waals surface area contributed by atoms with Gasteiger partial charge in [0.15, 0.2) is 0 Å². The molecule has 0 radical (unpaired) electrons. The Morgan fingerprint density at radius 3 is 2.69 bits per heavy atom. The van der Waals surface area contributed by atoms with Crippen molar-refractivity contribution in [2.75, 3.05) is 0 Å². The summed E-state index contributed by atoms with van der Waals surface area (Å²) in [5.41, 5.74) is 7.04. The molecule has 1 atom stereocenters. The molecule has 0 aliphatic heterocycles. The van der Waals surface area contributed by atoms with Crippen LogP contribution in [0.2, 0.25) is 5.02 Å².